The van der Waals surface area contributed by atoms with Gasteiger partial charge in [-0.25, -0.2) is 8.42 Å². The van der Waals surface area contributed by atoms with Gasteiger partial charge < -0.3 is 0 Å². The van der Waals surface area contributed by atoms with Gasteiger partial charge in [0.1, 0.15) is 0 Å². The van der Waals surface area contributed by atoms with E-state index in [-0.39, 0.29) is 12.0 Å². The number of fused-ring (bicyclic) bond motifs is 3. The van der Waals surface area contributed by atoms with Crippen LogP contribution in [0.1, 0.15) is 34.6 Å². The lowest BCUT2D eigenvalue weighted by Crippen LogP contribution is -2.41. The second kappa shape index (κ2) is 5.89. The molecule has 2 aromatic rings. The first-order chi connectivity index (χ1) is 11.9. The SMILES string of the molecule is Cc1ccc(S(=O)(=O)N2C=C(Cl)C[C@@H]3c4c(C)cccc4C[C@@H]32)cc1. The Morgan fingerprint density at radius 3 is 2.48 bits per heavy atom. The molecule has 4 rings (SSSR count). The Morgan fingerprint density at radius 2 is 1.76 bits per heavy atom. The van der Waals surface area contributed by atoms with Crippen molar-refractivity contribution < 1.29 is 8.42 Å². The van der Waals surface area contributed by atoms with Gasteiger partial charge in [-0.1, -0.05) is 47.5 Å². The fourth-order valence-electron chi connectivity index (χ4n) is 4.09. The van der Waals surface area contributed by atoms with E-state index in [0.29, 0.717) is 16.3 Å². The number of rotatable bonds is 2. The number of sulfonamides is 1. The molecule has 5 heteroatoms. The van der Waals surface area contributed by atoms with E-state index >= 15 is 0 Å². The minimum Gasteiger partial charge on any atom is -0.268 e. The molecule has 0 bridgehead atoms. The van der Waals surface area contributed by atoms with E-state index in [4.69, 9.17) is 11.6 Å². The van der Waals surface area contributed by atoms with Gasteiger partial charge in [0.25, 0.3) is 10.0 Å². The van der Waals surface area contributed by atoms with Crippen molar-refractivity contribution in [1.29, 1.82) is 0 Å². The fraction of sp³-hybridized carbons (Fsp3) is 0.300. The maximum Gasteiger partial charge on any atom is 0.264 e. The summed E-state index contributed by atoms with van der Waals surface area (Å²) in [5.41, 5.74) is 4.75. The lowest BCUT2D eigenvalue weighted by atomic mass is 9.90. The molecule has 2 atom stereocenters. The zero-order chi connectivity index (χ0) is 17.8. The quantitative estimate of drug-likeness (QED) is 0.777. The molecule has 2 aromatic carbocycles. The van der Waals surface area contributed by atoms with Crippen LogP contribution in [0.4, 0.5) is 0 Å². The minimum atomic E-state index is -3.62. The van der Waals surface area contributed by atoms with E-state index in [1.165, 1.54) is 21.0 Å². The second-order valence-corrected chi connectivity index (χ2v) is 9.28. The Morgan fingerprint density at radius 1 is 1.04 bits per heavy atom. The van der Waals surface area contributed by atoms with Crippen molar-refractivity contribution in [1.82, 2.24) is 4.31 Å². The smallest absolute Gasteiger partial charge is 0.264 e. The molecule has 0 saturated carbocycles. The van der Waals surface area contributed by atoms with Crippen LogP contribution in [0.25, 0.3) is 0 Å². The summed E-state index contributed by atoms with van der Waals surface area (Å²) in [4.78, 5) is 0.312. The molecule has 0 saturated heterocycles. The van der Waals surface area contributed by atoms with Crippen molar-refractivity contribution in [2.45, 2.75) is 43.5 Å². The van der Waals surface area contributed by atoms with Crippen molar-refractivity contribution >= 4 is 21.6 Å². The van der Waals surface area contributed by atoms with Gasteiger partial charge >= 0.3 is 0 Å². The molecule has 0 radical (unpaired) electrons. The molecular formula is C20H20ClNO2S. The summed E-state index contributed by atoms with van der Waals surface area (Å²) in [5.74, 6) is 0.119. The van der Waals surface area contributed by atoms with Crippen molar-refractivity contribution in [3.05, 3.63) is 76.0 Å². The van der Waals surface area contributed by atoms with Crippen LogP contribution in [-0.2, 0) is 16.4 Å². The minimum absolute atomic E-state index is 0.107. The van der Waals surface area contributed by atoms with Crippen LogP contribution >= 0.6 is 11.6 Å². The second-order valence-electron chi connectivity index (χ2n) is 6.95. The molecule has 130 valence electrons. The summed E-state index contributed by atoms with van der Waals surface area (Å²) in [6.45, 7) is 4.03. The molecule has 25 heavy (non-hydrogen) atoms. The Balaban J connectivity index is 1.80. The zero-order valence-electron chi connectivity index (χ0n) is 14.2. The van der Waals surface area contributed by atoms with Gasteiger partial charge in [0.2, 0.25) is 0 Å². The number of aryl methyl sites for hydroxylation is 2. The summed E-state index contributed by atoms with van der Waals surface area (Å²) in [7, 11) is -3.62. The highest BCUT2D eigenvalue weighted by Gasteiger charge is 2.43. The molecule has 3 nitrogen and oxygen atoms in total. The molecule has 0 amide bonds. The van der Waals surface area contributed by atoms with Gasteiger partial charge in [-0.3, -0.25) is 4.31 Å². The predicted molar refractivity (Wildman–Crippen MR) is 100 cm³/mol. The Hall–Kier alpha value is -1.78. The first-order valence-electron chi connectivity index (χ1n) is 8.43. The van der Waals surface area contributed by atoms with Crippen LogP contribution in [0.2, 0.25) is 0 Å². The van der Waals surface area contributed by atoms with E-state index in [2.05, 4.69) is 19.1 Å². The predicted octanol–water partition coefficient (Wildman–Crippen LogP) is 4.49. The monoisotopic (exact) mass is 373 g/mol. The molecule has 2 aliphatic rings. The normalized spacial score (nSPS) is 22.4. The zero-order valence-corrected chi connectivity index (χ0v) is 15.8. The average molecular weight is 374 g/mol. The summed E-state index contributed by atoms with van der Waals surface area (Å²) < 4.78 is 28.0. The molecule has 0 fully saturated rings. The average Bonchev–Trinajstić information content (AvgIpc) is 2.94. The standard InChI is InChI=1S/C20H20ClNO2S/c1-13-6-8-17(9-7-13)25(23,24)22-12-16(21)11-18-19(22)10-15-5-3-4-14(2)20(15)18/h3-9,12,18-19H,10-11H2,1-2H3/t18-,19-/m0/s1. The molecule has 0 N–H and O–H groups in total. The third-order valence-corrected chi connectivity index (χ3v) is 7.34. The van der Waals surface area contributed by atoms with Gasteiger partial charge in [-0.2, -0.15) is 0 Å². The third kappa shape index (κ3) is 2.68. The lowest BCUT2D eigenvalue weighted by Gasteiger charge is -2.35. The number of benzene rings is 2. The number of hydrogen-bond acceptors (Lipinski definition) is 2. The van der Waals surface area contributed by atoms with Gasteiger partial charge in [-0.15, -0.1) is 0 Å². The van der Waals surface area contributed by atoms with Crippen molar-refractivity contribution in [3.8, 4) is 0 Å². The highest BCUT2D eigenvalue weighted by Crippen LogP contribution is 2.46. The fourth-order valence-corrected chi connectivity index (χ4v) is 5.99. The maximum atomic E-state index is 13.2. The first kappa shape index (κ1) is 16.7. The van der Waals surface area contributed by atoms with Crippen LogP contribution in [0.3, 0.4) is 0 Å². The molecule has 0 spiro atoms. The first-order valence-corrected chi connectivity index (χ1v) is 10.2. The van der Waals surface area contributed by atoms with E-state index in [1.54, 1.807) is 18.3 Å². The van der Waals surface area contributed by atoms with Crippen LogP contribution in [0, 0.1) is 13.8 Å². The van der Waals surface area contributed by atoms with Crippen LogP contribution < -0.4 is 0 Å². The Kier molecular flexibility index (Phi) is 3.93. The highest BCUT2D eigenvalue weighted by molar-refractivity contribution is 7.89. The Bertz CT molecular complexity index is 964. The van der Waals surface area contributed by atoms with Crippen molar-refractivity contribution in [3.63, 3.8) is 0 Å². The largest absolute Gasteiger partial charge is 0.268 e. The van der Waals surface area contributed by atoms with Crippen molar-refractivity contribution in [2.75, 3.05) is 0 Å². The molecule has 0 aromatic heterocycles. The number of nitrogens with zero attached hydrogens (tertiary/aromatic N) is 1. The molecule has 0 unspecified atom stereocenters. The van der Waals surface area contributed by atoms with E-state index in [9.17, 15) is 8.42 Å². The molecule has 1 aliphatic heterocycles. The maximum absolute atomic E-state index is 13.2. The Labute approximate surface area is 154 Å². The van der Waals surface area contributed by atoms with Gasteiger partial charge in [0.15, 0.2) is 0 Å². The van der Waals surface area contributed by atoms with Crippen molar-refractivity contribution in [2.24, 2.45) is 0 Å². The third-order valence-electron chi connectivity index (χ3n) is 5.28. The van der Waals surface area contributed by atoms with Gasteiger partial charge in [0.05, 0.1) is 10.9 Å². The number of allylic oxidation sites excluding steroid dienone is 1. The van der Waals surface area contributed by atoms with Crippen LogP contribution in [0.15, 0.2) is 58.6 Å². The van der Waals surface area contributed by atoms with Gasteiger partial charge in [-0.05, 0) is 55.5 Å². The summed E-state index contributed by atoms with van der Waals surface area (Å²) in [6.07, 6.45) is 3.04. The summed E-state index contributed by atoms with van der Waals surface area (Å²) >= 11 is 6.37. The van der Waals surface area contributed by atoms with E-state index < -0.39 is 10.0 Å². The molecule has 1 heterocycles. The van der Waals surface area contributed by atoms with Gasteiger partial charge in [0, 0.05) is 17.2 Å². The van der Waals surface area contributed by atoms with E-state index in [0.717, 1.165) is 12.0 Å². The van der Waals surface area contributed by atoms with E-state index in [1.807, 2.05) is 25.1 Å². The van der Waals surface area contributed by atoms with Crippen LogP contribution in [0.5, 0.6) is 0 Å². The molecule has 1 aliphatic carbocycles. The summed E-state index contributed by atoms with van der Waals surface area (Å²) in [5, 5.41) is 0.591. The van der Waals surface area contributed by atoms with Crippen LogP contribution in [-0.4, -0.2) is 18.8 Å². The highest BCUT2D eigenvalue weighted by atomic mass is 35.5. The molecular weight excluding hydrogens is 354 g/mol. The topological polar surface area (TPSA) is 37.4 Å². The number of hydrogen-bond donors (Lipinski definition) is 0. The lowest BCUT2D eigenvalue weighted by molar-refractivity contribution is 0.341. The number of halogens is 1. The summed E-state index contributed by atoms with van der Waals surface area (Å²) in [6, 6.07) is 13.1.